The Balaban J connectivity index is 0.00000225. The quantitative estimate of drug-likeness (QED) is 0.400. The molecule has 25 heavy (non-hydrogen) atoms. The van der Waals surface area contributed by atoms with E-state index in [4.69, 9.17) is 4.99 Å². The van der Waals surface area contributed by atoms with Gasteiger partial charge in [0.2, 0.25) is 0 Å². The van der Waals surface area contributed by atoms with Crippen LogP contribution in [0.25, 0.3) is 0 Å². The standard InChI is InChI=1S/C18H31N5O.HI/c1-3-19-18(20-11-16-5-4-6-17(16)24)23-8-7-14(13-23)9-15-10-21-22(2)12-15;/h10,12,14,16-17,24H,3-9,11,13H2,1-2H3,(H,19,20);1H. The van der Waals surface area contributed by atoms with Crippen LogP contribution < -0.4 is 5.32 Å². The summed E-state index contributed by atoms with van der Waals surface area (Å²) in [7, 11) is 1.97. The molecular formula is C18H32IN5O. The third-order valence-electron chi connectivity index (χ3n) is 5.30. The van der Waals surface area contributed by atoms with Crippen LogP contribution in [0.4, 0.5) is 0 Å². The monoisotopic (exact) mass is 461 g/mol. The summed E-state index contributed by atoms with van der Waals surface area (Å²) in [5, 5.41) is 17.7. The van der Waals surface area contributed by atoms with Crippen LogP contribution in [0, 0.1) is 11.8 Å². The Bertz CT molecular complexity index is 561. The zero-order chi connectivity index (χ0) is 16.9. The molecule has 0 spiro atoms. The van der Waals surface area contributed by atoms with Crippen LogP contribution in [0.2, 0.25) is 0 Å². The number of aromatic nitrogens is 2. The fourth-order valence-corrected chi connectivity index (χ4v) is 3.96. The number of hydrogen-bond acceptors (Lipinski definition) is 3. The Kier molecular flexibility index (Phi) is 7.99. The lowest BCUT2D eigenvalue weighted by molar-refractivity contribution is 0.136. The van der Waals surface area contributed by atoms with Gasteiger partial charge >= 0.3 is 0 Å². The second-order valence-corrected chi connectivity index (χ2v) is 7.28. The van der Waals surface area contributed by atoms with Gasteiger partial charge in [-0.15, -0.1) is 24.0 Å². The van der Waals surface area contributed by atoms with Crippen molar-refractivity contribution in [2.75, 3.05) is 26.2 Å². The minimum atomic E-state index is -0.159. The van der Waals surface area contributed by atoms with Gasteiger partial charge in [0.25, 0.3) is 0 Å². The van der Waals surface area contributed by atoms with E-state index in [1.165, 1.54) is 12.0 Å². The molecule has 1 aliphatic carbocycles. The number of likely N-dealkylation sites (tertiary alicyclic amines) is 1. The highest BCUT2D eigenvalue weighted by molar-refractivity contribution is 14.0. The molecule has 1 aromatic heterocycles. The van der Waals surface area contributed by atoms with Gasteiger partial charge < -0.3 is 15.3 Å². The van der Waals surface area contributed by atoms with Crippen molar-refractivity contribution in [3.8, 4) is 0 Å². The van der Waals surface area contributed by atoms with E-state index >= 15 is 0 Å². The van der Waals surface area contributed by atoms with Crippen molar-refractivity contribution in [1.29, 1.82) is 0 Å². The third-order valence-corrected chi connectivity index (χ3v) is 5.30. The molecule has 3 unspecified atom stereocenters. The Labute approximate surface area is 168 Å². The number of aliphatic hydroxyl groups is 1. The fourth-order valence-electron chi connectivity index (χ4n) is 3.96. The summed E-state index contributed by atoms with van der Waals surface area (Å²) < 4.78 is 1.88. The number of hydrogen-bond donors (Lipinski definition) is 2. The minimum absolute atomic E-state index is 0. The predicted octanol–water partition coefficient (Wildman–Crippen LogP) is 2.03. The molecule has 0 bridgehead atoms. The van der Waals surface area contributed by atoms with Gasteiger partial charge in [0.1, 0.15) is 0 Å². The second-order valence-electron chi connectivity index (χ2n) is 7.28. The zero-order valence-electron chi connectivity index (χ0n) is 15.4. The summed E-state index contributed by atoms with van der Waals surface area (Å²) in [6.45, 7) is 5.85. The van der Waals surface area contributed by atoms with Crippen LogP contribution in [0.3, 0.4) is 0 Å². The van der Waals surface area contributed by atoms with E-state index in [0.29, 0.717) is 11.8 Å². The molecule has 2 heterocycles. The van der Waals surface area contributed by atoms with Gasteiger partial charge in [-0.2, -0.15) is 5.10 Å². The third kappa shape index (κ3) is 5.57. The van der Waals surface area contributed by atoms with Crippen LogP contribution in [-0.4, -0.2) is 58.0 Å². The summed E-state index contributed by atoms with van der Waals surface area (Å²) in [5.74, 6) is 2.02. The van der Waals surface area contributed by atoms with E-state index in [1.807, 2.05) is 17.9 Å². The smallest absolute Gasteiger partial charge is 0.193 e. The predicted molar refractivity (Wildman–Crippen MR) is 111 cm³/mol. The molecule has 6 nitrogen and oxygen atoms in total. The van der Waals surface area contributed by atoms with Crippen molar-refractivity contribution >= 4 is 29.9 Å². The maximum absolute atomic E-state index is 9.99. The van der Waals surface area contributed by atoms with Crippen molar-refractivity contribution in [2.45, 2.75) is 45.1 Å². The van der Waals surface area contributed by atoms with Crippen LogP contribution in [0.5, 0.6) is 0 Å². The molecule has 0 radical (unpaired) electrons. The van der Waals surface area contributed by atoms with Crippen molar-refractivity contribution in [3.05, 3.63) is 18.0 Å². The van der Waals surface area contributed by atoms with Crippen molar-refractivity contribution in [1.82, 2.24) is 20.0 Å². The van der Waals surface area contributed by atoms with Gasteiger partial charge in [0.15, 0.2) is 5.96 Å². The number of guanidine groups is 1. The Hall–Kier alpha value is -0.830. The normalized spacial score (nSPS) is 26.8. The Morgan fingerprint density at radius 3 is 2.88 bits per heavy atom. The maximum atomic E-state index is 9.99. The van der Waals surface area contributed by atoms with Crippen molar-refractivity contribution in [3.63, 3.8) is 0 Å². The van der Waals surface area contributed by atoms with E-state index in [1.54, 1.807) is 0 Å². The highest BCUT2D eigenvalue weighted by Crippen LogP contribution is 2.26. The molecule has 3 atom stereocenters. The molecule has 0 amide bonds. The van der Waals surface area contributed by atoms with Crippen LogP contribution in [0.1, 0.15) is 38.2 Å². The molecule has 1 aromatic rings. The summed E-state index contributed by atoms with van der Waals surface area (Å²) in [6, 6.07) is 0. The van der Waals surface area contributed by atoms with E-state index < -0.39 is 0 Å². The summed E-state index contributed by atoms with van der Waals surface area (Å²) >= 11 is 0. The highest BCUT2D eigenvalue weighted by atomic mass is 127. The summed E-state index contributed by atoms with van der Waals surface area (Å²) in [4.78, 5) is 7.21. The number of nitrogens with zero attached hydrogens (tertiary/aromatic N) is 4. The number of aliphatic imine (C=N–C) groups is 1. The Morgan fingerprint density at radius 2 is 2.24 bits per heavy atom. The van der Waals surface area contributed by atoms with E-state index in [0.717, 1.165) is 57.8 Å². The highest BCUT2D eigenvalue weighted by Gasteiger charge is 2.27. The molecule has 2 fully saturated rings. The molecule has 1 saturated heterocycles. The lowest BCUT2D eigenvalue weighted by atomic mass is 10.0. The van der Waals surface area contributed by atoms with Gasteiger partial charge in [-0.3, -0.25) is 9.67 Å². The van der Waals surface area contributed by atoms with Gasteiger partial charge in [-0.1, -0.05) is 6.42 Å². The molecule has 2 aliphatic rings. The number of nitrogens with one attached hydrogen (secondary N) is 1. The first-order valence-electron chi connectivity index (χ1n) is 9.34. The molecule has 1 saturated carbocycles. The average molecular weight is 461 g/mol. The van der Waals surface area contributed by atoms with Crippen LogP contribution >= 0.6 is 24.0 Å². The largest absolute Gasteiger partial charge is 0.393 e. The van der Waals surface area contributed by atoms with Gasteiger partial charge in [-0.05, 0) is 44.1 Å². The second kappa shape index (κ2) is 9.75. The van der Waals surface area contributed by atoms with Crippen LogP contribution in [-0.2, 0) is 13.5 Å². The first-order chi connectivity index (χ1) is 11.7. The number of aliphatic hydroxyl groups excluding tert-OH is 1. The van der Waals surface area contributed by atoms with Crippen LogP contribution in [0.15, 0.2) is 17.4 Å². The maximum Gasteiger partial charge on any atom is 0.193 e. The molecule has 3 rings (SSSR count). The number of aryl methyl sites for hydroxylation is 1. The summed E-state index contributed by atoms with van der Waals surface area (Å²) in [5.41, 5.74) is 1.32. The lowest BCUT2D eigenvalue weighted by Gasteiger charge is -2.22. The molecule has 7 heteroatoms. The molecule has 1 aliphatic heterocycles. The van der Waals surface area contributed by atoms with E-state index in [9.17, 15) is 5.11 Å². The van der Waals surface area contributed by atoms with Crippen molar-refractivity contribution in [2.24, 2.45) is 23.9 Å². The van der Waals surface area contributed by atoms with Gasteiger partial charge in [-0.25, -0.2) is 0 Å². The average Bonchev–Trinajstić information content (AvgIpc) is 3.27. The fraction of sp³-hybridized carbons (Fsp3) is 0.778. The first kappa shape index (κ1) is 20.5. The van der Waals surface area contributed by atoms with Crippen molar-refractivity contribution < 1.29 is 5.11 Å². The first-order valence-corrected chi connectivity index (χ1v) is 9.34. The van der Waals surface area contributed by atoms with Gasteiger partial charge in [0, 0.05) is 45.3 Å². The number of rotatable bonds is 5. The summed E-state index contributed by atoms with van der Waals surface area (Å²) in [6.07, 6.45) is 9.40. The molecule has 142 valence electrons. The van der Waals surface area contributed by atoms with Gasteiger partial charge in [0.05, 0.1) is 12.3 Å². The molecule has 0 aromatic carbocycles. The lowest BCUT2D eigenvalue weighted by Crippen LogP contribution is -2.40. The minimum Gasteiger partial charge on any atom is -0.393 e. The zero-order valence-corrected chi connectivity index (χ0v) is 17.7. The number of halogens is 1. The van der Waals surface area contributed by atoms with E-state index in [2.05, 4.69) is 28.4 Å². The SMILES string of the molecule is CCNC(=NCC1CCCC1O)N1CCC(Cc2cnn(C)c2)C1.I. The van der Waals surface area contributed by atoms with E-state index in [-0.39, 0.29) is 30.1 Å². The molecular weight excluding hydrogens is 429 g/mol. The topological polar surface area (TPSA) is 65.7 Å². The Morgan fingerprint density at radius 1 is 1.40 bits per heavy atom. The molecule has 2 N–H and O–H groups in total.